The molecule has 124 valence electrons. The molecule has 0 bridgehead atoms. The summed E-state index contributed by atoms with van der Waals surface area (Å²) in [5, 5.41) is 6.76. The van der Waals surface area contributed by atoms with E-state index in [1.54, 1.807) is 19.2 Å². The Morgan fingerprint density at radius 1 is 1.30 bits per heavy atom. The number of hydrazone groups is 1. The van der Waals surface area contributed by atoms with Crippen LogP contribution in [0, 0.1) is 12.8 Å². The molecular weight excluding hydrogens is 292 g/mol. The smallest absolute Gasteiger partial charge is 0.243 e. The van der Waals surface area contributed by atoms with E-state index in [2.05, 4.69) is 20.8 Å². The molecule has 0 unspecified atom stereocenters. The van der Waals surface area contributed by atoms with Gasteiger partial charge in [0.25, 0.3) is 0 Å². The number of amides is 2. The Morgan fingerprint density at radius 2 is 2.04 bits per heavy atom. The van der Waals surface area contributed by atoms with Crippen LogP contribution in [-0.4, -0.2) is 22.5 Å². The topological polar surface area (TPSA) is 83.4 Å². The lowest BCUT2D eigenvalue weighted by Gasteiger charge is -2.19. The zero-order valence-corrected chi connectivity index (χ0v) is 13.8. The highest BCUT2D eigenvalue weighted by Crippen LogP contribution is 2.23. The molecule has 1 saturated carbocycles. The lowest BCUT2D eigenvalue weighted by atomic mass is 9.89. The second-order valence-electron chi connectivity index (χ2n) is 6.10. The first-order chi connectivity index (χ1) is 11.0. The number of anilines is 1. The fraction of sp³-hybridized carbons (Fsp3) is 0.529. The largest absolute Gasteiger partial charge is 0.310 e. The lowest BCUT2D eigenvalue weighted by molar-refractivity contribution is -0.126. The molecule has 1 aliphatic carbocycles. The van der Waals surface area contributed by atoms with Crippen molar-refractivity contribution in [3.63, 3.8) is 0 Å². The third-order valence-corrected chi connectivity index (χ3v) is 3.93. The fourth-order valence-electron chi connectivity index (χ4n) is 2.67. The molecule has 2 amide bonds. The van der Waals surface area contributed by atoms with Gasteiger partial charge in [0, 0.05) is 17.8 Å². The monoisotopic (exact) mass is 316 g/mol. The summed E-state index contributed by atoms with van der Waals surface area (Å²) in [5.74, 6) is 0.348. The highest BCUT2D eigenvalue weighted by molar-refractivity contribution is 6.05. The molecule has 0 spiro atoms. The number of hydrogen-bond donors (Lipinski definition) is 2. The van der Waals surface area contributed by atoms with E-state index in [1.807, 2.05) is 13.0 Å². The Hall–Kier alpha value is -2.24. The minimum atomic E-state index is -0.198. The van der Waals surface area contributed by atoms with Gasteiger partial charge < -0.3 is 5.32 Å². The van der Waals surface area contributed by atoms with Crippen LogP contribution >= 0.6 is 0 Å². The number of aryl methyl sites for hydroxylation is 1. The lowest BCUT2D eigenvalue weighted by Crippen LogP contribution is -2.29. The van der Waals surface area contributed by atoms with Crippen molar-refractivity contribution in [3.05, 3.63) is 23.9 Å². The number of rotatable bonds is 5. The number of hydrogen-bond acceptors (Lipinski definition) is 4. The number of aromatic nitrogens is 1. The summed E-state index contributed by atoms with van der Waals surface area (Å²) in [5.41, 5.74) is 4.18. The van der Waals surface area contributed by atoms with Crippen molar-refractivity contribution in [1.82, 2.24) is 10.4 Å². The predicted octanol–water partition coefficient (Wildman–Crippen LogP) is 2.79. The average Bonchev–Trinajstić information content (AvgIpc) is 2.53. The van der Waals surface area contributed by atoms with Crippen LogP contribution in [0.3, 0.4) is 0 Å². The zero-order chi connectivity index (χ0) is 16.7. The Morgan fingerprint density at radius 3 is 2.74 bits per heavy atom. The number of carbonyl (C=O) groups is 2. The molecule has 1 fully saturated rings. The summed E-state index contributed by atoms with van der Waals surface area (Å²) in [4.78, 5) is 28.0. The van der Waals surface area contributed by atoms with Gasteiger partial charge in [-0.25, -0.2) is 10.4 Å². The van der Waals surface area contributed by atoms with E-state index in [-0.39, 0.29) is 24.2 Å². The van der Waals surface area contributed by atoms with Crippen molar-refractivity contribution in [1.29, 1.82) is 0 Å². The van der Waals surface area contributed by atoms with Gasteiger partial charge >= 0.3 is 0 Å². The standard InChI is InChI=1S/C17H24N4O2/c1-12-8-9-18-15(10-12)19-16(22)11-13(2)20-21-17(23)14-6-4-3-5-7-14/h8-10,14H,3-7,11H2,1-2H3,(H,21,23)(H,18,19,22)/b20-13-. The van der Waals surface area contributed by atoms with Crippen LogP contribution < -0.4 is 10.7 Å². The van der Waals surface area contributed by atoms with Gasteiger partial charge in [-0.15, -0.1) is 0 Å². The van der Waals surface area contributed by atoms with Gasteiger partial charge in [0.2, 0.25) is 11.8 Å². The fourth-order valence-corrected chi connectivity index (χ4v) is 2.67. The highest BCUT2D eigenvalue weighted by Gasteiger charge is 2.20. The van der Waals surface area contributed by atoms with Crippen molar-refractivity contribution in [2.45, 2.75) is 52.4 Å². The molecule has 6 nitrogen and oxygen atoms in total. The van der Waals surface area contributed by atoms with Crippen molar-refractivity contribution in [2.24, 2.45) is 11.0 Å². The maximum Gasteiger partial charge on any atom is 0.243 e. The van der Waals surface area contributed by atoms with Crippen LogP contribution in [0.2, 0.25) is 0 Å². The van der Waals surface area contributed by atoms with Crippen LogP contribution in [0.5, 0.6) is 0 Å². The molecule has 0 atom stereocenters. The third kappa shape index (κ3) is 5.81. The molecule has 1 heterocycles. The number of nitrogens with zero attached hydrogens (tertiary/aromatic N) is 2. The first-order valence-corrected chi connectivity index (χ1v) is 8.10. The Labute approximate surface area is 136 Å². The second-order valence-corrected chi connectivity index (χ2v) is 6.10. The van der Waals surface area contributed by atoms with Crippen LogP contribution in [0.25, 0.3) is 0 Å². The van der Waals surface area contributed by atoms with Crippen LogP contribution in [-0.2, 0) is 9.59 Å². The molecule has 1 aromatic rings. The summed E-state index contributed by atoms with van der Waals surface area (Å²) < 4.78 is 0. The molecule has 2 rings (SSSR count). The molecule has 0 radical (unpaired) electrons. The van der Waals surface area contributed by atoms with E-state index in [9.17, 15) is 9.59 Å². The van der Waals surface area contributed by atoms with Crippen molar-refractivity contribution in [3.8, 4) is 0 Å². The molecule has 2 N–H and O–H groups in total. The van der Waals surface area contributed by atoms with E-state index in [4.69, 9.17) is 0 Å². The zero-order valence-electron chi connectivity index (χ0n) is 13.8. The molecule has 1 aromatic heterocycles. The molecular formula is C17H24N4O2. The van der Waals surface area contributed by atoms with Crippen LogP contribution in [0.1, 0.15) is 51.0 Å². The van der Waals surface area contributed by atoms with Crippen molar-refractivity contribution >= 4 is 23.3 Å². The van der Waals surface area contributed by atoms with Gasteiger partial charge in [-0.3, -0.25) is 9.59 Å². The van der Waals surface area contributed by atoms with E-state index in [1.165, 1.54) is 6.42 Å². The first kappa shape index (κ1) is 17.1. The molecule has 0 saturated heterocycles. The summed E-state index contributed by atoms with van der Waals surface area (Å²) >= 11 is 0. The van der Waals surface area contributed by atoms with Crippen LogP contribution in [0.15, 0.2) is 23.4 Å². The molecule has 1 aliphatic rings. The number of nitrogens with one attached hydrogen (secondary N) is 2. The van der Waals surface area contributed by atoms with Gasteiger partial charge in [-0.05, 0) is 44.4 Å². The maximum atomic E-state index is 12.0. The normalized spacial score (nSPS) is 16.0. The van der Waals surface area contributed by atoms with E-state index >= 15 is 0 Å². The van der Waals surface area contributed by atoms with E-state index in [0.717, 1.165) is 31.2 Å². The molecule has 23 heavy (non-hydrogen) atoms. The summed E-state index contributed by atoms with van der Waals surface area (Å²) in [7, 11) is 0. The van der Waals surface area contributed by atoms with Gasteiger partial charge in [0.1, 0.15) is 5.82 Å². The van der Waals surface area contributed by atoms with Crippen molar-refractivity contribution in [2.75, 3.05) is 5.32 Å². The maximum absolute atomic E-state index is 12.0. The van der Waals surface area contributed by atoms with Crippen molar-refractivity contribution < 1.29 is 9.59 Å². The van der Waals surface area contributed by atoms with E-state index in [0.29, 0.717) is 11.5 Å². The summed E-state index contributed by atoms with van der Waals surface area (Å²) in [6.07, 6.45) is 7.05. The highest BCUT2D eigenvalue weighted by atomic mass is 16.2. The second kappa shape index (κ2) is 8.41. The van der Waals surface area contributed by atoms with Gasteiger partial charge in [-0.1, -0.05) is 19.3 Å². The number of pyridine rings is 1. The summed E-state index contributed by atoms with van der Waals surface area (Å²) in [6.45, 7) is 3.66. The van der Waals surface area contributed by atoms with Gasteiger partial charge in [0.15, 0.2) is 0 Å². The Balaban J connectivity index is 1.79. The molecule has 0 aromatic carbocycles. The quantitative estimate of drug-likeness (QED) is 0.647. The van der Waals surface area contributed by atoms with E-state index < -0.39 is 0 Å². The minimum Gasteiger partial charge on any atom is -0.310 e. The minimum absolute atomic E-state index is 0.0372. The first-order valence-electron chi connectivity index (χ1n) is 8.10. The Bertz CT molecular complexity index is 592. The molecule has 6 heteroatoms. The Kier molecular flexibility index (Phi) is 6.26. The van der Waals surface area contributed by atoms with Crippen LogP contribution in [0.4, 0.5) is 5.82 Å². The third-order valence-electron chi connectivity index (χ3n) is 3.93. The number of carbonyl (C=O) groups excluding carboxylic acids is 2. The van der Waals surface area contributed by atoms with Gasteiger partial charge in [-0.2, -0.15) is 5.10 Å². The molecule has 0 aliphatic heterocycles. The SMILES string of the molecule is C/C(CC(=O)Nc1cc(C)ccn1)=N/NC(=O)C1CCCCC1. The average molecular weight is 316 g/mol. The van der Waals surface area contributed by atoms with Gasteiger partial charge in [0.05, 0.1) is 6.42 Å². The summed E-state index contributed by atoms with van der Waals surface area (Å²) in [6, 6.07) is 3.67. The predicted molar refractivity (Wildman–Crippen MR) is 90.0 cm³/mol.